The number of aryl methyl sites for hydroxylation is 1. The quantitative estimate of drug-likeness (QED) is 0.901. The second kappa shape index (κ2) is 5.12. The van der Waals surface area contributed by atoms with Crippen LogP contribution in [0.1, 0.15) is 26.4 Å². The molecule has 1 amide bonds. The molecule has 2 rings (SSSR count). The van der Waals surface area contributed by atoms with E-state index in [-0.39, 0.29) is 11.5 Å². The summed E-state index contributed by atoms with van der Waals surface area (Å²) in [4.78, 5) is 28.3. The molecule has 7 heteroatoms. The van der Waals surface area contributed by atoms with Crippen LogP contribution in [0, 0.1) is 6.92 Å². The van der Waals surface area contributed by atoms with E-state index < -0.39 is 5.97 Å². The van der Waals surface area contributed by atoms with Crippen LogP contribution in [0.5, 0.6) is 0 Å². The van der Waals surface area contributed by atoms with E-state index in [1.165, 1.54) is 22.0 Å². The van der Waals surface area contributed by atoms with Crippen molar-refractivity contribution >= 4 is 11.9 Å². The Morgan fingerprint density at radius 3 is 2.45 bits per heavy atom. The van der Waals surface area contributed by atoms with Gasteiger partial charge in [-0.3, -0.25) is 4.79 Å². The number of aromatic carboxylic acids is 1. The Bertz CT molecular complexity index is 659. The molecule has 2 aromatic rings. The number of carbonyl (C=O) groups excluding carboxylic acids is 1. The van der Waals surface area contributed by atoms with Crippen LogP contribution in [-0.2, 0) is 0 Å². The third-order valence-electron chi connectivity index (χ3n) is 2.77. The Kier molecular flexibility index (Phi) is 3.51. The first-order chi connectivity index (χ1) is 9.40. The minimum absolute atomic E-state index is 0.125. The smallest absolute Gasteiger partial charge is 0.339 e. The molecule has 0 radical (unpaired) electrons. The van der Waals surface area contributed by atoms with Gasteiger partial charge in [-0.15, -0.1) is 0 Å². The van der Waals surface area contributed by atoms with Crippen molar-refractivity contribution < 1.29 is 14.7 Å². The van der Waals surface area contributed by atoms with Crippen molar-refractivity contribution in [2.75, 3.05) is 14.1 Å². The Balaban J connectivity index is 2.33. The van der Waals surface area contributed by atoms with Gasteiger partial charge in [0, 0.05) is 26.5 Å². The molecule has 0 aliphatic heterocycles. The molecule has 0 bridgehead atoms. The number of carbonyl (C=O) groups is 2. The van der Waals surface area contributed by atoms with Crippen molar-refractivity contribution in [1.82, 2.24) is 19.7 Å². The van der Waals surface area contributed by atoms with Crippen molar-refractivity contribution in [2.45, 2.75) is 6.92 Å². The number of amides is 1. The normalized spacial score (nSPS) is 10.3. The number of hydrogen-bond donors (Lipinski definition) is 1. The third-order valence-corrected chi connectivity index (χ3v) is 2.77. The molecule has 0 unspecified atom stereocenters. The Hall–Kier alpha value is -2.70. The summed E-state index contributed by atoms with van der Waals surface area (Å²) in [5.74, 6) is -0.726. The summed E-state index contributed by atoms with van der Waals surface area (Å²) in [6.07, 6.45) is 2.84. The molecule has 0 fully saturated rings. The van der Waals surface area contributed by atoms with E-state index in [1.807, 2.05) is 0 Å². The molecular formula is C13H14N4O3. The maximum atomic E-state index is 11.7. The van der Waals surface area contributed by atoms with Crippen molar-refractivity contribution in [3.05, 3.63) is 41.3 Å². The summed E-state index contributed by atoms with van der Waals surface area (Å²) in [5, 5.41) is 13.1. The van der Waals surface area contributed by atoms with Crippen LogP contribution in [-0.4, -0.2) is 50.7 Å². The molecule has 1 N–H and O–H groups in total. The lowest BCUT2D eigenvalue weighted by Crippen LogP contribution is -2.21. The second-order valence-corrected chi connectivity index (χ2v) is 4.48. The summed E-state index contributed by atoms with van der Waals surface area (Å²) >= 11 is 0. The van der Waals surface area contributed by atoms with Crippen LogP contribution in [0.3, 0.4) is 0 Å². The van der Waals surface area contributed by atoms with Crippen LogP contribution < -0.4 is 0 Å². The van der Waals surface area contributed by atoms with E-state index in [0.717, 1.165) is 0 Å². The van der Waals surface area contributed by atoms with Crippen molar-refractivity contribution in [1.29, 1.82) is 0 Å². The number of carboxylic acids is 1. The summed E-state index contributed by atoms with van der Waals surface area (Å²) < 4.78 is 1.38. The number of aromatic nitrogens is 3. The van der Waals surface area contributed by atoms with Crippen LogP contribution >= 0.6 is 0 Å². The van der Waals surface area contributed by atoms with Gasteiger partial charge in [-0.1, -0.05) is 0 Å². The molecule has 0 saturated heterocycles. The van der Waals surface area contributed by atoms with Crippen LogP contribution in [0.15, 0.2) is 24.5 Å². The van der Waals surface area contributed by atoms with Crippen LogP contribution in [0.4, 0.5) is 0 Å². The maximum absolute atomic E-state index is 11.7. The molecule has 0 spiro atoms. The average molecular weight is 274 g/mol. The summed E-state index contributed by atoms with van der Waals surface area (Å²) in [5.41, 5.74) is 0.995. The fraction of sp³-hybridized carbons (Fsp3) is 0.231. The maximum Gasteiger partial charge on any atom is 0.339 e. The lowest BCUT2D eigenvalue weighted by Gasteiger charge is -2.09. The van der Waals surface area contributed by atoms with Crippen molar-refractivity contribution in [2.24, 2.45) is 0 Å². The monoisotopic (exact) mass is 274 g/mol. The van der Waals surface area contributed by atoms with E-state index in [2.05, 4.69) is 10.1 Å². The zero-order chi connectivity index (χ0) is 14.9. The largest absolute Gasteiger partial charge is 0.478 e. The molecule has 0 aromatic carbocycles. The lowest BCUT2D eigenvalue weighted by molar-refractivity contribution is 0.0695. The molecule has 0 aliphatic rings. The van der Waals surface area contributed by atoms with Gasteiger partial charge in [-0.2, -0.15) is 5.10 Å². The summed E-state index contributed by atoms with van der Waals surface area (Å²) in [6, 6.07) is 3.25. The molecule has 104 valence electrons. The van der Waals surface area contributed by atoms with Gasteiger partial charge in [-0.05, 0) is 19.1 Å². The minimum atomic E-state index is -1.03. The van der Waals surface area contributed by atoms with Gasteiger partial charge in [0.2, 0.25) is 0 Å². The van der Waals surface area contributed by atoms with E-state index in [9.17, 15) is 9.59 Å². The first-order valence-corrected chi connectivity index (χ1v) is 5.88. The molecule has 0 aliphatic carbocycles. The number of hydrogen-bond acceptors (Lipinski definition) is 4. The second-order valence-electron chi connectivity index (χ2n) is 4.48. The predicted octanol–water partition coefficient (Wildman–Crippen LogP) is 0.976. The average Bonchev–Trinajstić information content (AvgIpc) is 2.80. The van der Waals surface area contributed by atoms with E-state index in [4.69, 9.17) is 5.11 Å². The number of nitrogens with zero attached hydrogens (tertiary/aromatic N) is 4. The zero-order valence-corrected chi connectivity index (χ0v) is 11.4. The minimum Gasteiger partial charge on any atom is -0.478 e. The topological polar surface area (TPSA) is 88.3 Å². The first-order valence-electron chi connectivity index (χ1n) is 5.88. The SMILES string of the molecule is Cc1nn(-c2ccc(C(=O)N(C)C)cn2)cc1C(=O)O. The highest BCUT2D eigenvalue weighted by Crippen LogP contribution is 2.11. The van der Waals surface area contributed by atoms with Gasteiger partial charge < -0.3 is 10.0 Å². The number of rotatable bonds is 3. The molecule has 0 saturated carbocycles. The fourth-order valence-electron chi connectivity index (χ4n) is 1.69. The first kappa shape index (κ1) is 13.7. The zero-order valence-electron chi connectivity index (χ0n) is 11.4. The molecule has 20 heavy (non-hydrogen) atoms. The van der Waals surface area contributed by atoms with Gasteiger partial charge in [-0.25, -0.2) is 14.5 Å². The van der Waals surface area contributed by atoms with Crippen molar-refractivity contribution in [3.63, 3.8) is 0 Å². The fourth-order valence-corrected chi connectivity index (χ4v) is 1.69. The lowest BCUT2D eigenvalue weighted by atomic mass is 10.2. The van der Waals surface area contributed by atoms with Gasteiger partial charge in [0.15, 0.2) is 5.82 Å². The predicted molar refractivity (Wildman–Crippen MR) is 71.1 cm³/mol. The highest BCUT2D eigenvalue weighted by atomic mass is 16.4. The Morgan fingerprint density at radius 2 is 2.00 bits per heavy atom. The highest BCUT2D eigenvalue weighted by Gasteiger charge is 2.14. The van der Waals surface area contributed by atoms with Gasteiger partial charge in [0.25, 0.3) is 5.91 Å². The van der Waals surface area contributed by atoms with E-state index in [0.29, 0.717) is 17.1 Å². The molecule has 0 atom stereocenters. The van der Waals surface area contributed by atoms with Crippen molar-refractivity contribution in [3.8, 4) is 5.82 Å². The van der Waals surface area contributed by atoms with Crippen LogP contribution in [0.25, 0.3) is 5.82 Å². The third kappa shape index (κ3) is 2.51. The van der Waals surface area contributed by atoms with Gasteiger partial charge >= 0.3 is 5.97 Å². The standard InChI is InChI=1S/C13H14N4O3/c1-8-10(13(19)20)7-17(15-8)11-5-4-9(6-14-11)12(18)16(2)3/h4-7H,1-3H3,(H,19,20). The van der Waals surface area contributed by atoms with E-state index in [1.54, 1.807) is 33.2 Å². The highest BCUT2D eigenvalue weighted by molar-refractivity contribution is 5.93. The van der Waals surface area contributed by atoms with E-state index >= 15 is 0 Å². The summed E-state index contributed by atoms with van der Waals surface area (Å²) in [7, 11) is 3.32. The molecule has 2 aromatic heterocycles. The Labute approximate surface area is 115 Å². The summed E-state index contributed by atoms with van der Waals surface area (Å²) in [6.45, 7) is 1.61. The molecule has 7 nitrogen and oxygen atoms in total. The Morgan fingerprint density at radius 1 is 1.30 bits per heavy atom. The van der Waals surface area contributed by atoms with Gasteiger partial charge in [0.1, 0.15) is 5.56 Å². The number of carboxylic acid groups (broad SMARTS) is 1. The molecular weight excluding hydrogens is 260 g/mol. The molecule has 2 heterocycles. The number of pyridine rings is 1. The van der Waals surface area contributed by atoms with Crippen LogP contribution in [0.2, 0.25) is 0 Å². The van der Waals surface area contributed by atoms with Gasteiger partial charge in [0.05, 0.1) is 11.3 Å².